The molecule has 0 radical (unpaired) electrons. The molecule has 174 valence electrons. The Bertz CT molecular complexity index is 1240. The zero-order valence-electron chi connectivity index (χ0n) is 18.7. The van der Waals surface area contributed by atoms with E-state index in [0.29, 0.717) is 38.6 Å². The Kier molecular flexibility index (Phi) is 6.64. The fraction of sp³-hybridized carbons (Fsp3) is 0.240. The quantitative estimate of drug-likeness (QED) is 0.386. The van der Waals surface area contributed by atoms with E-state index >= 15 is 0 Å². The van der Waals surface area contributed by atoms with Gasteiger partial charge in [0.1, 0.15) is 17.9 Å². The SMILES string of the molecule is O=C(Nc1ccc(CCNc2ncnc3oc(-c4ccccc4)cc23)cc1)NN1CCOCC1. The highest BCUT2D eigenvalue weighted by Gasteiger charge is 2.13. The number of rotatable bonds is 7. The molecule has 0 atom stereocenters. The summed E-state index contributed by atoms with van der Waals surface area (Å²) in [5.74, 6) is 1.51. The number of hydrogen-bond donors (Lipinski definition) is 3. The molecule has 0 saturated carbocycles. The third-order valence-electron chi connectivity index (χ3n) is 5.58. The van der Waals surface area contributed by atoms with Gasteiger partial charge in [0.15, 0.2) is 0 Å². The molecule has 1 saturated heterocycles. The lowest BCUT2D eigenvalue weighted by Crippen LogP contribution is -2.49. The Hall–Kier alpha value is -3.95. The van der Waals surface area contributed by atoms with Crippen LogP contribution in [0.15, 0.2) is 71.4 Å². The van der Waals surface area contributed by atoms with Crippen molar-refractivity contribution in [2.75, 3.05) is 43.5 Å². The molecule has 2 amide bonds. The molecule has 3 N–H and O–H groups in total. The maximum Gasteiger partial charge on any atom is 0.333 e. The second kappa shape index (κ2) is 10.3. The lowest BCUT2D eigenvalue weighted by molar-refractivity contribution is 0.0207. The van der Waals surface area contributed by atoms with E-state index in [9.17, 15) is 4.79 Å². The summed E-state index contributed by atoms with van der Waals surface area (Å²) < 4.78 is 11.2. The number of hydrogen-bond acceptors (Lipinski definition) is 7. The van der Waals surface area contributed by atoms with Gasteiger partial charge >= 0.3 is 6.03 Å². The van der Waals surface area contributed by atoms with E-state index in [1.807, 2.05) is 65.7 Å². The van der Waals surface area contributed by atoms with Gasteiger partial charge in [-0.15, -0.1) is 0 Å². The van der Waals surface area contributed by atoms with E-state index in [1.165, 1.54) is 6.33 Å². The third-order valence-corrected chi connectivity index (χ3v) is 5.58. The molecule has 0 spiro atoms. The van der Waals surface area contributed by atoms with Gasteiger partial charge in [0.25, 0.3) is 0 Å². The number of fused-ring (bicyclic) bond motifs is 1. The number of carbonyl (C=O) groups excluding carboxylic acids is 1. The number of amides is 2. The molecule has 34 heavy (non-hydrogen) atoms. The number of nitrogens with one attached hydrogen (secondary N) is 3. The molecule has 4 aromatic rings. The number of morpholine rings is 1. The van der Waals surface area contributed by atoms with Crippen LogP contribution in [0.25, 0.3) is 22.4 Å². The fourth-order valence-electron chi connectivity index (χ4n) is 3.80. The van der Waals surface area contributed by atoms with Gasteiger partial charge in [-0.2, -0.15) is 0 Å². The van der Waals surface area contributed by atoms with Crippen molar-refractivity contribution in [1.29, 1.82) is 0 Å². The molecule has 5 rings (SSSR count). The summed E-state index contributed by atoms with van der Waals surface area (Å²) in [5.41, 5.74) is 6.28. The Balaban J connectivity index is 1.15. The Morgan fingerprint density at radius 3 is 2.59 bits per heavy atom. The molecule has 2 aromatic carbocycles. The maximum absolute atomic E-state index is 12.2. The highest BCUT2D eigenvalue weighted by Crippen LogP contribution is 2.29. The van der Waals surface area contributed by atoms with Crippen molar-refractivity contribution in [2.24, 2.45) is 0 Å². The number of carbonyl (C=O) groups is 1. The van der Waals surface area contributed by atoms with Crippen LogP contribution in [0.1, 0.15) is 5.56 Å². The van der Waals surface area contributed by atoms with Crippen LogP contribution >= 0.6 is 0 Å². The van der Waals surface area contributed by atoms with E-state index in [4.69, 9.17) is 9.15 Å². The first kappa shape index (κ1) is 21.9. The Morgan fingerprint density at radius 1 is 1.00 bits per heavy atom. The average molecular weight is 459 g/mol. The van der Waals surface area contributed by atoms with Crippen molar-refractivity contribution >= 4 is 28.6 Å². The molecule has 9 nitrogen and oxygen atoms in total. The molecule has 0 bridgehead atoms. The minimum atomic E-state index is -0.251. The molecule has 0 unspecified atom stereocenters. The summed E-state index contributed by atoms with van der Waals surface area (Å²) in [6.07, 6.45) is 2.31. The van der Waals surface area contributed by atoms with E-state index in [2.05, 4.69) is 26.0 Å². The summed E-state index contributed by atoms with van der Waals surface area (Å²) in [4.78, 5) is 20.8. The number of ether oxygens (including phenoxy) is 1. The third kappa shape index (κ3) is 5.33. The first-order valence-electron chi connectivity index (χ1n) is 11.3. The van der Waals surface area contributed by atoms with Crippen LogP contribution in [0.2, 0.25) is 0 Å². The van der Waals surface area contributed by atoms with Crippen molar-refractivity contribution in [3.63, 3.8) is 0 Å². The predicted octanol–water partition coefficient (Wildman–Crippen LogP) is 3.91. The lowest BCUT2D eigenvalue weighted by atomic mass is 10.1. The fourth-order valence-corrected chi connectivity index (χ4v) is 3.80. The standard InChI is InChI=1S/C25H26N6O3/c32-25(30-31-12-14-33-15-13-31)29-20-8-6-18(7-9-20)10-11-26-23-21-16-22(19-4-2-1-3-5-19)34-24(21)28-17-27-23/h1-9,16-17H,10-15H2,(H,26,27,28)(H2,29,30,32). The van der Waals surface area contributed by atoms with Crippen molar-refractivity contribution in [3.8, 4) is 11.3 Å². The number of anilines is 2. The smallest absolute Gasteiger partial charge is 0.333 e. The topological polar surface area (TPSA) is 105 Å². The van der Waals surface area contributed by atoms with Crippen molar-refractivity contribution in [3.05, 3.63) is 72.6 Å². The van der Waals surface area contributed by atoms with E-state index in [-0.39, 0.29) is 6.03 Å². The molecule has 9 heteroatoms. The molecule has 1 aliphatic heterocycles. The summed E-state index contributed by atoms with van der Waals surface area (Å²) in [7, 11) is 0. The predicted molar refractivity (Wildman–Crippen MR) is 130 cm³/mol. The number of benzene rings is 2. The van der Waals surface area contributed by atoms with Gasteiger partial charge in [-0.05, 0) is 30.2 Å². The summed E-state index contributed by atoms with van der Waals surface area (Å²) in [6, 6.07) is 19.5. The van der Waals surface area contributed by atoms with E-state index in [0.717, 1.165) is 40.2 Å². The summed E-state index contributed by atoms with van der Waals surface area (Å²) >= 11 is 0. The van der Waals surface area contributed by atoms with Crippen LogP contribution in [0, 0.1) is 0 Å². The number of hydrazine groups is 1. The van der Waals surface area contributed by atoms with Gasteiger partial charge in [0, 0.05) is 30.9 Å². The van der Waals surface area contributed by atoms with Crippen LogP contribution in [-0.2, 0) is 11.2 Å². The summed E-state index contributed by atoms with van der Waals surface area (Å²) in [5, 5.41) is 8.95. The van der Waals surface area contributed by atoms with Crippen LogP contribution in [-0.4, -0.2) is 53.9 Å². The van der Waals surface area contributed by atoms with Gasteiger partial charge in [-0.25, -0.2) is 19.8 Å². The first-order valence-corrected chi connectivity index (χ1v) is 11.3. The molecule has 1 fully saturated rings. The molecule has 0 aliphatic carbocycles. The maximum atomic E-state index is 12.2. The second-order valence-electron chi connectivity index (χ2n) is 7.96. The zero-order valence-corrected chi connectivity index (χ0v) is 18.7. The largest absolute Gasteiger partial charge is 0.438 e. The van der Waals surface area contributed by atoms with Crippen LogP contribution < -0.4 is 16.1 Å². The van der Waals surface area contributed by atoms with Crippen LogP contribution in [0.3, 0.4) is 0 Å². The first-order chi connectivity index (χ1) is 16.7. The molecular weight excluding hydrogens is 432 g/mol. The number of aromatic nitrogens is 2. The number of urea groups is 1. The van der Waals surface area contributed by atoms with Gasteiger partial charge in [-0.3, -0.25) is 5.43 Å². The second-order valence-corrected chi connectivity index (χ2v) is 7.96. The van der Waals surface area contributed by atoms with E-state index < -0.39 is 0 Å². The van der Waals surface area contributed by atoms with Crippen molar-refractivity contribution in [2.45, 2.75) is 6.42 Å². The van der Waals surface area contributed by atoms with Gasteiger partial charge in [0.05, 0.1) is 18.6 Å². The van der Waals surface area contributed by atoms with Crippen LogP contribution in [0.4, 0.5) is 16.3 Å². The van der Waals surface area contributed by atoms with Crippen molar-refractivity contribution < 1.29 is 13.9 Å². The number of furan rings is 1. The van der Waals surface area contributed by atoms with Gasteiger partial charge in [-0.1, -0.05) is 42.5 Å². The highest BCUT2D eigenvalue weighted by molar-refractivity contribution is 5.89. The molecular formula is C25H26N6O3. The lowest BCUT2D eigenvalue weighted by Gasteiger charge is -2.26. The molecule has 3 heterocycles. The minimum absolute atomic E-state index is 0.251. The Morgan fingerprint density at radius 2 is 1.79 bits per heavy atom. The van der Waals surface area contributed by atoms with Gasteiger partial charge in [0.2, 0.25) is 5.71 Å². The highest BCUT2D eigenvalue weighted by atomic mass is 16.5. The minimum Gasteiger partial charge on any atom is -0.438 e. The summed E-state index contributed by atoms with van der Waals surface area (Å²) in [6.45, 7) is 3.31. The number of nitrogens with zero attached hydrogens (tertiary/aromatic N) is 3. The molecule has 2 aromatic heterocycles. The van der Waals surface area contributed by atoms with E-state index in [1.54, 1.807) is 0 Å². The normalized spacial score (nSPS) is 14.1. The Labute approximate surface area is 197 Å². The molecule has 1 aliphatic rings. The zero-order chi connectivity index (χ0) is 23.2. The monoisotopic (exact) mass is 458 g/mol. The van der Waals surface area contributed by atoms with Crippen LogP contribution in [0.5, 0.6) is 0 Å². The van der Waals surface area contributed by atoms with Gasteiger partial charge < -0.3 is 19.8 Å². The van der Waals surface area contributed by atoms with Crippen molar-refractivity contribution in [1.82, 2.24) is 20.4 Å². The average Bonchev–Trinajstić information content (AvgIpc) is 3.32.